The van der Waals surface area contributed by atoms with E-state index in [0.29, 0.717) is 18.8 Å². The lowest BCUT2D eigenvalue weighted by Gasteiger charge is -2.40. The Balaban J connectivity index is 1.27. The van der Waals surface area contributed by atoms with Gasteiger partial charge in [-0.25, -0.2) is 0 Å². The van der Waals surface area contributed by atoms with Crippen molar-refractivity contribution in [3.8, 4) is 0 Å². The number of nitrogens with zero attached hydrogens (tertiary/aromatic N) is 3. The minimum Gasteiger partial charge on any atom is -0.330 e. The van der Waals surface area contributed by atoms with Gasteiger partial charge in [0.1, 0.15) is 0 Å². The van der Waals surface area contributed by atoms with E-state index in [1.165, 1.54) is 57.2 Å². The number of hydrogen-bond acceptors (Lipinski definition) is 5. The van der Waals surface area contributed by atoms with Crippen LogP contribution in [0.4, 0.5) is 0 Å². The lowest BCUT2D eigenvalue weighted by atomic mass is 9.83. The maximum absolute atomic E-state index is 12.4. The summed E-state index contributed by atoms with van der Waals surface area (Å²) >= 11 is 0. The van der Waals surface area contributed by atoms with Crippen LogP contribution in [0.15, 0.2) is 18.2 Å². The van der Waals surface area contributed by atoms with Crippen LogP contribution in [-0.2, 0) is 16.6 Å². The van der Waals surface area contributed by atoms with E-state index in [9.17, 15) is 9.59 Å². The molecule has 5 rings (SSSR count). The SMILES string of the molecule is Cn1nc(C2CCC(=O)NC2=O)c2ccc(C3CCN(C4CCC(CN)CC4)CC3)cc21. The Hall–Kier alpha value is -2.25. The summed E-state index contributed by atoms with van der Waals surface area (Å²) in [5, 5.41) is 8.18. The second-order valence-electron chi connectivity index (χ2n) is 10.0. The fourth-order valence-corrected chi connectivity index (χ4v) is 6.11. The molecule has 1 atom stereocenters. The number of fused-ring (bicyclic) bond motifs is 1. The van der Waals surface area contributed by atoms with Crippen LogP contribution in [-0.4, -0.2) is 52.2 Å². The molecule has 7 nitrogen and oxygen atoms in total. The molecule has 7 heteroatoms. The quantitative estimate of drug-likeness (QED) is 0.718. The summed E-state index contributed by atoms with van der Waals surface area (Å²) < 4.78 is 1.89. The van der Waals surface area contributed by atoms with Gasteiger partial charge in [0, 0.05) is 24.9 Å². The van der Waals surface area contributed by atoms with Crippen molar-refractivity contribution in [1.29, 1.82) is 0 Å². The standard InChI is InChI=1S/C25H35N5O2/c1-29-22-14-18(4-7-20(22)24(28-29)21-8-9-23(31)27-25(21)32)17-10-12-30(13-11-17)19-5-2-16(15-26)3-6-19/h4,7,14,16-17,19,21H,2-3,5-6,8-13,15,26H2,1H3,(H,27,31,32). The summed E-state index contributed by atoms with van der Waals surface area (Å²) in [6.07, 6.45) is 8.47. The Morgan fingerprint density at radius 1 is 1.06 bits per heavy atom. The van der Waals surface area contributed by atoms with Crippen molar-refractivity contribution < 1.29 is 9.59 Å². The zero-order chi connectivity index (χ0) is 22.2. The largest absolute Gasteiger partial charge is 0.330 e. The number of hydrogen-bond donors (Lipinski definition) is 2. The Kier molecular flexibility index (Phi) is 6.03. The van der Waals surface area contributed by atoms with Crippen LogP contribution < -0.4 is 11.1 Å². The van der Waals surface area contributed by atoms with Crippen molar-refractivity contribution in [2.45, 2.75) is 69.2 Å². The van der Waals surface area contributed by atoms with Crippen molar-refractivity contribution in [2.75, 3.05) is 19.6 Å². The molecule has 172 valence electrons. The van der Waals surface area contributed by atoms with Gasteiger partial charge in [-0.05, 0) is 88.0 Å². The highest BCUT2D eigenvalue weighted by Crippen LogP contribution is 2.36. The predicted molar refractivity (Wildman–Crippen MR) is 124 cm³/mol. The number of rotatable bonds is 4. The number of carbonyl (C=O) groups excluding carboxylic acids is 2. The minimum atomic E-state index is -0.347. The molecule has 0 bridgehead atoms. The second-order valence-corrected chi connectivity index (χ2v) is 10.0. The number of likely N-dealkylation sites (tertiary alicyclic amines) is 1. The first-order chi connectivity index (χ1) is 15.5. The average Bonchev–Trinajstić information content (AvgIpc) is 3.15. The van der Waals surface area contributed by atoms with Gasteiger partial charge in [0.25, 0.3) is 0 Å². The molecule has 2 saturated heterocycles. The number of carbonyl (C=O) groups is 2. The highest BCUT2D eigenvalue weighted by atomic mass is 16.2. The third-order valence-electron chi connectivity index (χ3n) is 8.14. The highest BCUT2D eigenvalue weighted by molar-refractivity contribution is 6.02. The molecule has 1 unspecified atom stereocenters. The number of benzene rings is 1. The predicted octanol–water partition coefficient (Wildman–Crippen LogP) is 2.79. The molecule has 3 aliphatic rings. The second kappa shape index (κ2) is 8.94. The molecule has 3 N–H and O–H groups in total. The molecule has 3 fully saturated rings. The van der Waals surface area contributed by atoms with Crippen molar-refractivity contribution >= 4 is 22.7 Å². The van der Waals surface area contributed by atoms with Crippen LogP contribution in [0.25, 0.3) is 10.9 Å². The zero-order valence-corrected chi connectivity index (χ0v) is 19.1. The van der Waals surface area contributed by atoms with Gasteiger partial charge in [-0.1, -0.05) is 12.1 Å². The molecule has 1 saturated carbocycles. The van der Waals surface area contributed by atoms with E-state index < -0.39 is 0 Å². The van der Waals surface area contributed by atoms with E-state index in [4.69, 9.17) is 5.73 Å². The minimum absolute atomic E-state index is 0.187. The molecular weight excluding hydrogens is 402 g/mol. The molecule has 32 heavy (non-hydrogen) atoms. The average molecular weight is 438 g/mol. The monoisotopic (exact) mass is 437 g/mol. The van der Waals surface area contributed by atoms with Gasteiger partial charge in [0.2, 0.25) is 11.8 Å². The summed E-state index contributed by atoms with van der Waals surface area (Å²) in [4.78, 5) is 26.6. The first-order valence-corrected chi connectivity index (χ1v) is 12.3. The number of nitrogens with one attached hydrogen (secondary N) is 1. The van der Waals surface area contributed by atoms with Crippen molar-refractivity contribution in [3.05, 3.63) is 29.5 Å². The first-order valence-electron chi connectivity index (χ1n) is 12.3. The molecular formula is C25H35N5O2. The maximum atomic E-state index is 12.4. The lowest BCUT2D eigenvalue weighted by molar-refractivity contribution is -0.134. The van der Waals surface area contributed by atoms with Gasteiger partial charge in [-0.15, -0.1) is 0 Å². The van der Waals surface area contributed by atoms with Crippen molar-refractivity contribution in [3.63, 3.8) is 0 Å². The number of aromatic nitrogens is 2. The Labute approximate surface area is 189 Å². The van der Waals surface area contributed by atoms with Crippen LogP contribution in [0.1, 0.15) is 74.5 Å². The number of piperidine rings is 2. The molecule has 1 aromatic heterocycles. The van der Waals surface area contributed by atoms with E-state index >= 15 is 0 Å². The van der Waals surface area contributed by atoms with Crippen molar-refractivity contribution in [1.82, 2.24) is 20.0 Å². The smallest absolute Gasteiger partial charge is 0.235 e. The maximum Gasteiger partial charge on any atom is 0.235 e. The van der Waals surface area contributed by atoms with Crippen LogP contribution in [0.2, 0.25) is 0 Å². The topological polar surface area (TPSA) is 93.2 Å². The van der Waals surface area contributed by atoms with Crippen LogP contribution in [0, 0.1) is 5.92 Å². The summed E-state index contributed by atoms with van der Waals surface area (Å²) in [5.41, 5.74) is 9.11. The van der Waals surface area contributed by atoms with Crippen LogP contribution >= 0.6 is 0 Å². The summed E-state index contributed by atoms with van der Waals surface area (Å²) in [7, 11) is 1.95. The molecule has 2 amide bonds. The molecule has 0 spiro atoms. The number of imide groups is 1. The van der Waals surface area contributed by atoms with Gasteiger partial charge in [0.15, 0.2) is 0 Å². The third-order valence-corrected chi connectivity index (χ3v) is 8.14. The number of aryl methyl sites for hydroxylation is 1. The Morgan fingerprint density at radius 2 is 1.81 bits per heavy atom. The molecule has 3 heterocycles. The lowest BCUT2D eigenvalue weighted by Crippen LogP contribution is -2.43. The number of amides is 2. The van der Waals surface area contributed by atoms with Gasteiger partial charge < -0.3 is 10.6 Å². The fraction of sp³-hybridized carbons (Fsp3) is 0.640. The van der Waals surface area contributed by atoms with Gasteiger partial charge in [-0.3, -0.25) is 19.6 Å². The zero-order valence-electron chi connectivity index (χ0n) is 19.1. The molecule has 2 aromatic rings. The first kappa shape index (κ1) is 21.6. The van der Waals surface area contributed by atoms with Gasteiger partial charge in [-0.2, -0.15) is 5.10 Å². The Bertz CT molecular complexity index is 999. The van der Waals surface area contributed by atoms with E-state index in [1.807, 2.05) is 11.7 Å². The third kappa shape index (κ3) is 4.08. The van der Waals surface area contributed by atoms with Gasteiger partial charge >= 0.3 is 0 Å². The van der Waals surface area contributed by atoms with Gasteiger partial charge in [0.05, 0.1) is 17.1 Å². The summed E-state index contributed by atoms with van der Waals surface area (Å²) in [5.74, 6) is 0.551. The molecule has 0 radical (unpaired) electrons. The molecule has 2 aliphatic heterocycles. The number of nitrogens with two attached hydrogens (primary N) is 1. The summed E-state index contributed by atoms with van der Waals surface area (Å²) in [6, 6.07) is 7.38. The summed E-state index contributed by atoms with van der Waals surface area (Å²) in [6.45, 7) is 3.19. The van der Waals surface area contributed by atoms with Crippen LogP contribution in [0.3, 0.4) is 0 Å². The Morgan fingerprint density at radius 3 is 2.50 bits per heavy atom. The fourth-order valence-electron chi connectivity index (χ4n) is 6.11. The molecule has 1 aliphatic carbocycles. The van der Waals surface area contributed by atoms with E-state index in [-0.39, 0.29) is 17.7 Å². The van der Waals surface area contributed by atoms with E-state index in [1.54, 1.807) is 0 Å². The van der Waals surface area contributed by atoms with E-state index in [2.05, 4.69) is 33.5 Å². The normalized spacial score (nSPS) is 28.2. The molecule has 1 aromatic carbocycles. The van der Waals surface area contributed by atoms with Crippen molar-refractivity contribution in [2.24, 2.45) is 18.7 Å². The highest BCUT2D eigenvalue weighted by Gasteiger charge is 2.32. The van der Waals surface area contributed by atoms with Crippen LogP contribution in [0.5, 0.6) is 0 Å². The van der Waals surface area contributed by atoms with E-state index in [0.717, 1.165) is 35.1 Å².